The molecular weight excluding hydrogens is 374 g/mol. The highest BCUT2D eigenvalue weighted by Crippen LogP contribution is 2.33. The van der Waals surface area contributed by atoms with Crippen LogP contribution in [0.1, 0.15) is 45.2 Å². The number of hydrogen-bond donors (Lipinski definition) is 1. The SMILES string of the molecule is COc1ccc(C(=O)NC2C=CC(c3c(C)nn(Cc4ccccc4)c3C)C2)cc1. The molecule has 0 saturated carbocycles. The van der Waals surface area contributed by atoms with Crippen LogP contribution in [0.15, 0.2) is 66.7 Å². The Morgan fingerprint density at radius 3 is 2.53 bits per heavy atom. The molecule has 154 valence electrons. The summed E-state index contributed by atoms with van der Waals surface area (Å²) < 4.78 is 7.24. The van der Waals surface area contributed by atoms with E-state index in [4.69, 9.17) is 9.84 Å². The first-order valence-corrected chi connectivity index (χ1v) is 10.3. The number of methoxy groups -OCH3 is 1. The fourth-order valence-electron chi connectivity index (χ4n) is 4.17. The van der Waals surface area contributed by atoms with E-state index in [0.29, 0.717) is 5.56 Å². The Balaban J connectivity index is 1.43. The first-order valence-electron chi connectivity index (χ1n) is 10.3. The number of rotatable bonds is 6. The maximum atomic E-state index is 12.6. The Hall–Kier alpha value is -3.34. The van der Waals surface area contributed by atoms with Crippen molar-refractivity contribution in [3.63, 3.8) is 0 Å². The first kappa shape index (κ1) is 20.0. The smallest absolute Gasteiger partial charge is 0.251 e. The molecule has 5 heteroatoms. The van der Waals surface area contributed by atoms with Gasteiger partial charge in [0, 0.05) is 28.8 Å². The molecule has 2 unspecified atom stereocenters. The largest absolute Gasteiger partial charge is 0.497 e. The van der Waals surface area contributed by atoms with E-state index in [2.05, 4.69) is 60.3 Å². The summed E-state index contributed by atoms with van der Waals surface area (Å²) in [4.78, 5) is 12.6. The van der Waals surface area contributed by atoms with Gasteiger partial charge in [0.25, 0.3) is 5.91 Å². The fourth-order valence-corrected chi connectivity index (χ4v) is 4.17. The van der Waals surface area contributed by atoms with Gasteiger partial charge in [-0.2, -0.15) is 5.10 Å². The third-order valence-corrected chi connectivity index (χ3v) is 5.74. The van der Waals surface area contributed by atoms with Gasteiger partial charge in [0.15, 0.2) is 0 Å². The molecule has 3 aromatic rings. The highest BCUT2D eigenvalue weighted by molar-refractivity contribution is 5.94. The van der Waals surface area contributed by atoms with E-state index in [0.717, 1.165) is 24.4 Å². The molecule has 0 spiro atoms. The quantitative estimate of drug-likeness (QED) is 0.623. The summed E-state index contributed by atoms with van der Waals surface area (Å²) in [5.74, 6) is 0.933. The zero-order valence-electron chi connectivity index (χ0n) is 17.6. The van der Waals surface area contributed by atoms with Crippen molar-refractivity contribution in [1.29, 1.82) is 0 Å². The fraction of sp³-hybridized carbons (Fsp3) is 0.280. The summed E-state index contributed by atoms with van der Waals surface area (Å²) in [6.07, 6.45) is 5.14. The second-order valence-corrected chi connectivity index (χ2v) is 7.76. The van der Waals surface area contributed by atoms with Gasteiger partial charge < -0.3 is 10.1 Å². The van der Waals surface area contributed by atoms with Gasteiger partial charge in [0.2, 0.25) is 0 Å². The minimum atomic E-state index is -0.0684. The van der Waals surface area contributed by atoms with Crippen LogP contribution in [0.25, 0.3) is 0 Å². The molecule has 0 bridgehead atoms. The molecule has 1 aromatic heterocycles. The minimum absolute atomic E-state index is 0.0147. The number of nitrogens with one attached hydrogen (secondary N) is 1. The van der Waals surface area contributed by atoms with Crippen LogP contribution in [0.4, 0.5) is 0 Å². The molecule has 1 aliphatic rings. The number of aromatic nitrogens is 2. The standard InChI is InChI=1S/C25H27N3O2/c1-17-24(18(2)28(27-17)16-19-7-5-4-6-8-19)21-9-12-22(15-21)26-25(29)20-10-13-23(30-3)14-11-20/h4-14,21-22H,15-16H2,1-3H3,(H,26,29). The molecule has 0 aliphatic heterocycles. The highest BCUT2D eigenvalue weighted by Gasteiger charge is 2.27. The Labute approximate surface area is 177 Å². The molecule has 0 fully saturated rings. The average Bonchev–Trinajstić information content (AvgIpc) is 3.32. The molecule has 30 heavy (non-hydrogen) atoms. The van der Waals surface area contributed by atoms with Crippen LogP contribution in [-0.2, 0) is 6.54 Å². The number of amides is 1. The molecular formula is C25H27N3O2. The Morgan fingerprint density at radius 2 is 1.83 bits per heavy atom. The Morgan fingerprint density at radius 1 is 1.10 bits per heavy atom. The molecule has 1 aliphatic carbocycles. The van der Waals surface area contributed by atoms with Crippen molar-refractivity contribution >= 4 is 5.91 Å². The molecule has 0 saturated heterocycles. The lowest BCUT2D eigenvalue weighted by Gasteiger charge is -2.15. The van der Waals surface area contributed by atoms with Crippen molar-refractivity contribution in [2.24, 2.45) is 0 Å². The Kier molecular flexibility index (Phi) is 5.70. The second kappa shape index (κ2) is 8.57. The monoisotopic (exact) mass is 401 g/mol. The molecule has 1 N–H and O–H groups in total. The predicted molar refractivity (Wildman–Crippen MR) is 118 cm³/mol. The van der Waals surface area contributed by atoms with Gasteiger partial charge >= 0.3 is 0 Å². The lowest BCUT2D eigenvalue weighted by molar-refractivity contribution is 0.0944. The normalized spacial score (nSPS) is 17.8. The number of ether oxygens (including phenoxy) is 1. The van der Waals surface area contributed by atoms with Gasteiger partial charge in [-0.15, -0.1) is 0 Å². The van der Waals surface area contributed by atoms with Crippen molar-refractivity contribution in [2.45, 2.75) is 38.8 Å². The van der Waals surface area contributed by atoms with Crippen molar-refractivity contribution in [1.82, 2.24) is 15.1 Å². The molecule has 1 amide bonds. The van der Waals surface area contributed by atoms with Gasteiger partial charge in [-0.3, -0.25) is 9.48 Å². The van der Waals surface area contributed by atoms with Gasteiger partial charge in [0.1, 0.15) is 5.75 Å². The van der Waals surface area contributed by atoms with Crippen molar-refractivity contribution in [3.8, 4) is 5.75 Å². The zero-order chi connectivity index (χ0) is 21.1. The van der Waals surface area contributed by atoms with E-state index >= 15 is 0 Å². The van der Waals surface area contributed by atoms with E-state index in [9.17, 15) is 4.79 Å². The van der Waals surface area contributed by atoms with Gasteiger partial charge in [0.05, 0.1) is 19.3 Å². The summed E-state index contributed by atoms with van der Waals surface area (Å²) in [5.41, 5.74) is 5.38. The topological polar surface area (TPSA) is 56.1 Å². The number of carbonyl (C=O) groups excluding carboxylic acids is 1. The second-order valence-electron chi connectivity index (χ2n) is 7.76. The number of benzene rings is 2. The number of allylic oxidation sites excluding steroid dienone is 1. The summed E-state index contributed by atoms with van der Waals surface area (Å²) in [5, 5.41) is 7.91. The molecule has 4 rings (SSSR count). The number of hydrogen-bond acceptors (Lipinski definition) is 3. The van der Waals surface area contributed by atoms with E-state index < -0.39 is 0 Å². The average molecular weight is 402 g/mol. The minimum Gasteiger partial charge on any atom is -0.497 e. The van der Waals surface area contributed by atoms with Crippen LogP contribution in [-0.4, -0.2) is 28.8 Å². The van der Waals surface area contributed by atoms with Gasteiger partial charge in [-0.1, -0.05) is 42.5 Å². The summed E-state index contributed by atoms with van der Waals surface area (Å²) in [7, 11) is 1.62. The van der Waals surface area contributed by atoms with Crippen LogP contribution in [0, 0.1) is 13.8 Å². The van der Waals surface area contributed by atoms with Crippen LogP contribution in [0.5, 0.6) is 5.75 Å². The molecule has 2 atom stereocenters. The molecule has 1 heterocycles. The number of nitrogens with zero attached hydrogens (tertiary/aromatic N) is 2. The maximum Gasteiger partial charge on any atom is 0.251 e. The van der Waals surface area contributed by atoms with E-state index in [1.165, 1.54) is 16.8 Å². The van der Waals surface area contributed by atoms with Crippen LogP contribution >= 0.6 is 0 Å². The number of carbonyl (C=O) groups is 1. The molecule has 5 nitrogen and oxygen atoms in total. The van der Waals surface area contributed by atoms with Crippen molar-refractivity contribution in [3.05, 3.63) is 94.8 Å². The molecule has 2 aromatic carbocycles. The van der Waals surface area contributed by atoms with E-state index in [1.54, 1.807) is 31.4 Å². The van der Waals surface area contributed by atoms with Crippen LogP contribution in [0.2, 0.25) is 0 Å². The third kappa shape index (κ3) is 4.15. The third-order valence-electron chi connectivity index (χ3n) is 5.74. The lowest BCUT2D eigenvalue weighted by atomic mass is 9.96. The number of aryl methyl sites for hydroxylation is 1. The summed E-state index contributed by atoms with van der Waals surface area (Å²) in [6, 6.07) is 17.6. The summed E-state index contributed by atoms with van der Waals surface area (Å²) in [6.45, 7) is 4.97. The van der Waals surface area contributed by atoms with E-state index in [-0.39, 0.29) is 17.9 Å². The van der Waals surface area contributed by atoms with Crippen LogP contribution < -0.4 is 10.1 Å². The zero-order valence-corrected chi connectivity index (χ0v) is 17.6. The predicted octanol–water partition coefficient (Wildman–Crippen LogP) is 4.40. The molecule has 0 radical (unpaired) electrons. The van der Waals surface area contributed by atoms with Crippen molar-refractivity contribution in [2.75, 3.05) is 7.11 Å². The van der Waals surface area contributed by atoms with Gasteiger partial charge in [-0.25, -0.2) is 0 Å². The van der Waals surface area contributed by atoms with E-state index in [1.807, 2.05) is 6.07 Å². The first-order chi connectivity index (χ1) is 14.5. The van der Waals surface area contributed by atoms with Crippen molar-refractivity contribution < 1.29 is 9.53 Å². The Bertz CT molecular complexity index is 1050. The summed E-state index contributed by atoms with van der Waals surface area (Å²) >= 11 is 0. The van der Waals surface area contributed by atoms with Crippen LogP contribution in [0.3, 0.4) is 0 Å². The highest BCUT2D eigenvalue weighted by atomic mass is 16.5. The lowest BCUT2D eigenvalue weighted by Crippen LogP contribution is -2.32. The van der Waals surface area contributed by atoms with Gasteiger partial charge in [-0.05, 0) is 50.1 Å². The maximum absolute atomic E-state index is 12.6.